The fourth-order valence-corrected chi connectivity index (χ4v) is 2.07. The van der Waals surface area contributed by atoms with Gasteiger partial charge in [0.05, 0.1) is 0 Å². The van der Waals surface area contributed by atoms with Crippen LogP contribution in [0.3, 0.4) is 0 Å². The zero-order valence-electron chi connectivity index (χ0n) is 11.1. The summed E-state index contributed by atoms with van der Waals surface area (Å²) in [6.07, 6.45) is 2.16. The molecule has 0 aromatic rings. The van der Waals surface area contributed by atoms with Crippen LogP contribution >= 0.6 is 0 Å². The number of amides is 2. The molecule has 0 spiro atoms. The van der Waals surface area contributed by atoms with Crippen molar-refractivity contribution < 1.29 is 4.79 Å². The van der Waals surface area contributed by atoms with Gasteiger partial charge in [-0.05, 0) is 47.5 Å². The van der Waals surface area contributed by atoms with Crippen molar-refractivity contribution in [2.75, 3.05) is 0 Å². The van der Waals surface area contributed by atoms with Gasteiger partial charge >= 0.3 is 6.03 Å². The van der Waals surface area contributed by atoms with Gasteiger partial charge in [0.1, 0.15) is 0 Å². The molecule has 3 atom stereocenters. The predicted octanol–water partition coefficient (Wildman–Crippen LogP) is 1.61. The predicted molar refractivity (Wildman–Crippen MR) is 66.5 cm³/mol. The number of carbonyl (C=O) groups is 1. The molecule has 1 aliphatic rings. The van der Waals surface area contributed by atoms with Crippen LogP contribution in [0.25, 0.3) is 0 Å². The molecular formula is C12H25N3O. The third-order valence-corrected chi connectivity index (χ3v) is 2.87. The van der Waals surface area contributed by atoms with E-state index in [9.17, 15) is 4.79 Å². The maximum Gasteiger partial charge on any atom is 0.315 e. The summed E-state index contributed by atoms with van der Waals surface area (Å²) >= 11 is 0. The summed E-state index contributed by atoms with van der Waals surface area (Å²) in [5.74, 6) is 0. The number of hydrogen-bond donors (Lipinski definition) is 3. The van der Waals surface area contributed by atoms with E-state index in [1.54, 1.807) is 0 Å². The van der Waals surface area contributed by atoms with E-state index in [0.717, 1.165) is 12.8 Å². The number of carbonyl (C=O) groups excluding carboxylic acids is 1. The quantitative estimate of drug-likeness (QED) is 0.637. The van der Waals surface area contributed by atoms with Crippen LogP contribution in [0.2, 0.25) is 0 Å². The van der Waals surface area contributed by atoms with Gasteiger partial charge in [-0.15, -0.1) is 0 Å². The average molecular weight is 227 g/mol. The lowest BCUT2D eigenvalue weighted by Gasteiger charge is -2.35. The van der Waals surface area contributed by atoms with Crippen LogP contribution in [0.5, 0.6) is 0 Å². The summed E-state index contributed by atoms with van der Waals surface area (Å²) in [7, 11) is 0. The Bertz CT molecular complexity index is 247. The molecule has 0 aromatic carbocycles. The number of piperidine rings is 1. The smallest absolute Gasteiger partial charge is 0.315 e. The van der Waals surface area contributed by atoms with E-state index in [-0.39, 0.29) is 17.6 Å². The Balaban J connectivity index is 2.39. The van der Waals surface area contributed by atoms with Gasteiger partial charge in [0.15, 0.2) is 0 Å². The molecule has 1 saturated heterocycles. The SMILES string of the molecule is CC1CCC(NC(=O)NC(C)(C)C)C(C)N1. The van der Waals surface area contributed by atoms with E-state index in [1.165, 1.54) is 0 Å². The Labute approximate surface area is 98.6 Å². The molecule has 3 N–H and O–H groups in total. The Morgan fingerprint density at radius 2 is 1.88 bits per heavy atom. The number of rotatable bonds is 1. The lowest BCUT2D eigenvalue weighted by molar-refractivity contribution is 0.214. The van der Waals surface area contributed by atoms with Gasteiger partial charge in [-0.3, -0.25) is 0 Å². The molecule has 4 nitrogen and oxygen atoms in total. The second-order valence-corrected chi connectivity index (χ2v) is 5.89. The summed E-state index contributed by atoms with van der Waals surface area (Å²) in [5.41, 5.74) is -0.178. The largest absolute Gasteiger partial charge is 0.334 e. The first-order chi connectivity index (χ1) is 7.28. The molecule has 1 rings (SSSR count). The molecule has 1 heterocycles. The highest BCUT2D eigenvalue weighted by atomic mass is 16.2. The molecular weight excluding hydrogens is 202 g/mol. The van der Waals surface area contributed by atoms with Crippen molar-refractivity contribution in [3.8, 4) is 0 Å². The minimum absolute atomic E-state index is 0.0688. The first-order valence-corrected chi connectivity index (χ1v) is 6.12. The average Bonchev–Trinajstić information content (AvgIpc) is 2.06. The molecule has 0 saturated carbocycles. The van der Waals surface area contributed by atoms with Gasteiger partial charge in [0, 0.05) is 23.7 Å². The van der Waals surface area contributed by atoms with Crippen LogP contribution in [0.1, 0.15) is 47.5 Å². The molecule has 0 aliphatic carbocycles. The Morgan fingerprint density at radius 1 is 1.25 bits per heavy atom. The molecule has 16 heavy (non-hydrogen) atoms. The highest BCUT2D eigenvalue weighted by Gasteiger charge is 2.26. The highest BCUT2D eigenvalue weighted by molar-refractivity contribution is 5.75. The van der Waals surface area contributed by atoms with Crippen LogP contribution < -0.4 is 16.0 Å². The molecule has 0 bridgehead atoms. The summed E-state index contributed by atoms with van der Waals surface area (Å²) in [6, 6.07) is 1.06. The van der Waals surface area contributed by atoms with Crippen molar-refractivity contribution in [1.29, 1.82) is 0 Å². The minimum Gasteiger partial charge on any atom is -0.334 e. The van der Waals surface area contributed by atoms with Gasteiger partial charge < -0.3 is 16.0 Å². The molecule has 3 unspecified atom stereocenters. The molecule has 94 valence electrons. The third kappa shape index (κ3) is 4.39. The zero-order valence-corrected chi connectivity index (χ0v) is 11.1. The Kier molecular flexibility index (Phi) is 4.19. The lowest BCUT2D eigenvalue weighted by Crippen LogP contribution is -2.58. The van der Waals surface area contributed by atoms with Crippen LogP contribution in [0.15, 0.2) is 0 Å². The number of nitrogens with one attached hydrogen (secondary N) is 3. The van der Waals surface area contributed by atoms with Gasteiger partial charge in [-0.1, -0.05) is 0 Å². The maximum atomic E-state index is 11.7. The van der Waals surface area contributed by atoms with E-state index in [0.29, 0.717) is 12.1 Å². The van der Waals surface area contributed by atoms with Crippen LogP contribution in [-0.2, 0) is 0 Å². The van der Waals surface area contributed by atoms with E-state index in [1.807, 2.05) is 20.8 Å². The van der Waals surface area contributed by atoms with E-state index < -0.39 is 0 Å². The lowest BCUT2D eigenvalue weighted by atomic mass is 9.95. The molecule has 1 aliphatic heterocycles. The van der Waals surface area contributed by atoms with Crippen molar-refractivity contribution in [1.82, 2.24) is 16.0 Å². The fraction of sp³-hybridized carbons (Fsp3) is 0.917. The van der Waals surface area contributed by atoms with Gasteiger partial charge in [0.2, 0.25) is 0 Å². The first kappa shape index (κ1) is 13.3. The van der Waals surface area contributed by atoms with Gasteiger partial charge in [-0.2, -0.15) is 0 Å². The monoisotopic (exact) mass is 227 g/mol. The summed E-state index contributed by atoms with van der Waals surface area (Å²) in [4.78, 5) is 11.7. The van der Waals surface area contributed by atoms with Crippen molar-refractivity contribution >= 4 is 6.03 Å². The van der Waals surface area contributed by atoms with E-state index in [4.69, 9.17) is 0 Å². The number of urea groups is 1. The molecule has 0 aromatic heterocycles. The van der Waals surface area contributed by atoms with Crippen molar-refractivity contribution in [3.63, 3.8) is 0 Å². The van der Waals surface area contributed by atoms with Crippen molar-refractivity contribution in [2.24, 2.45) is 0 Å². The molecule has 0 radical (unpaired) electrons. The van der Waals surface area contributed by atoms with E-state index >= 15 is 0 Å². The van der Waals surface area contributed by atoms with Crippen LogP contribution in [0.4, 0.5) is 4.79 Å². The summed E-state index contributed by atoms with van der Waals surface area (Å²) in [6.45, 7) is 10.3. The molecule has 2 amide bonds. The highest BCUT2D eigenvalue weighted by Crippen LogP contribution is 2.13. The van der Waals surface area contributed by atoms with Crippen LogP contribution in [-0.4, -0.2) is 29.7 Å². The topological polar surface area (TPSA) is 53.2 Å². The number of hydrogen-bond acceptors (Lipinski definition) is 2. The van der Waals surface area contributed by atoms with E-state index in [2.05, 4.69) is 29.8 Å². The van der Waals surface area contributed by atoms with Crippen molar-refractivity contribution in [3.05, 3.63) is 0 Å². The first-order valence-electron chi connectivity index (χ1n) is 6.12. The maximum absolute atomic E-state index is 11.7. The van der Waals surface area contributed by atoms with Gasteiger partial charge in [-0.25, -0.2) is 4.79 Å². The van der Waals surface area contributed by atoms with Crippen LogP contribution in [0, 0.1) is 0 Å². The Hall–Kier alpha value is -0.770. The van der Waals surface area contributed by atoms with Gasteiger partial charge in [0.25, 0.3) is 0 Å². The van der Waals surface area contributed by atoms with Crippen molar-refractivity contribution in [2.45, 2.75) is 71.1 Å². The molecule has 4 heteroatoms. The Morgan fingerprint density at radius 3 is 2.38 bits per heavy atom. The third-order valence-electron chi connectivity index (χ3n) is 2.87. The summed E-state index contributed by atoms with van der Waals surface area (Å²) < 4.78 is 0. The zero-order chi connectivity index (χ0) is 12.3. The fourth-order valence-electron chi connectivity index (χ4n) is 2.07. The summed E-state index contributed by atoms with van der Waals surface area (Å²) in [5, 5.41) is 9.41. The molecule has 1 fully saturated rings. The second-order valence-electron chi connectivity index (χ2n) is 5.89. The minimum atomic E-state index is -0.178. The second kappa shape index (κ2) is 5.04. The standard InChI is InChI=1S/C12H25N3O/c1-8-6-7-10(9(2)13-8)14-11(16)15-12(3,4)5/h8-10,13H,6-7H2,1-5H3,(H2,14,15,16). The normalized spacial score (nSPS) is 30.9.